The lowest BCUT2D eigenvalue weighted by atomic mass is 10.1. The summed E-state index contributed by atoms with van der Waals surface area (Å²) in [6.45, 7) is 13.8. The van der Waals surface area contributed by atoms with E-state index in [0.29, 0.717) is 5.56 Å². The molecule has 46 heavy (non-hydrogen) atoms. The van der Waals surface area contributed by atoms with E-state index in [1.807, 2.05) is 72.7 Å². The van der Waals surface area contributed by atoms with Crippen LogP contribution in [0.5, 0.6) is 0 Å². The molecule has 2 atom stereocenters. The van der Waals surface area contributed by atoms with Gasteiger partial charge in [-0.25, -0.2) is 0 Å². The number of ether oxygens (including phenoxy) is 4. The van der Waals surface area contributed by atoms with Crippen LogP contribution < -0.4 is 11.1 Å². The Bertz CT molecular complexity index is 1130. The third kappa shape index (κ3) is 22.5. The molecule has 0 aliphatic carbocycles. The number of carbonyl (C=O) groups excluding carboxylic acids is 3. The van der Waals surface area contributed by atoms with Crippen LogP contribution in [0.3, 0.4) is 0 Å². The first kappa shape index (κ1) is 47.4. The molecule has 3 N–H and O–H groups in total. The molecule has 0 unspecified atom stereocenters. The number of benzene rings is 2. The summed E-state index contributed by atoms with van der Waals surface area (Å²) >= 11 is 0. The van der Waals surface area contributed by atoms with Gasteiger partial charge >= 0.3 is 18.1 Å². The highest BCUT2D eigenvalue weighted by atomic mass is 35.5. The molecular formula is C33H52ClF3N2O7. The van der Waals surface area contributed by atoms with Crippen LogP contribution in [0.1, 0.15) is 76.0 Å². The van der Waals surface area contributed by atoms with Crippen LogP contribution in [-0.4, -0.2) is 68.9 Å². The number of rotatable bonds is 10. The number of aryl methyl sites for hydroxylation is 1. The zero-order valence-corrected chi connectivity index (χ0v) is 28.3. The SMILES string of the molecule is C.COC(=O)[C@@H](N)COC(C)(C)C.COC(=O)[C@H](COC(C)(C)C)NCc1ccc(C(F)(F)F)cc1.Cc1ccc(C=O)cc1.Cl. The number of hydrogen-bond acceptors (Lipinski definition) is 9. The zero-order chi connectivity index (χ0) is 34.1. The van der Waals surface area contributed by atoms with Crippen molar-refractivity contribution in [2.24, 2.45) is 5.73 Å². The standard InChI is InChI=1S/C16H22F3NO3.C8H17NO3.C8H8O.CH4.ClH/c1-15(2,3)23-10-13(14(21)22-4)20-9-11-5-7-12(8-6-11)16(17,18)19;1-8(2,3)12-5-6(9)7(10)11-4;1-7-2-4-8(6-9)5-3-7;;/h5-8,13,20H,9-10H2,1-4H3;6H,5,9H2,1-4H3;2-6H,1H3;1H4;1H/t13-;6-;;;/m00.../s1. The number of alkyl halides is 3. The Hall–Kier alpha value is -3.03. The quantitative estimate of drug-likeness (QED) is 0.219. The van der Waals surface area contributed by atoms with Crippen molar-refractivity contribution in [3.63, 3.8) is 0 Å². The number of methoxy groups -OCH3 is 2. The van der Waals surface area contributed by atoms with E-state index in [-0.39, 0.29) is 45.2 Å². The normalized spacial score (nSPS) is 12.3. The van der Waals surface area contributed by atoms with Gasteiger partial charge in [0.25, 0.3) is 0 Å². The molecule has 9 nitrogen and oxygen atoms in total. The maximum atomic E-state index is 12.5. The minimum Gasteiger partial charge on any atom is -0.468 e. The van der Waals surface area contributed by atoms with Gasteiger partial charge in [-0.05, 0) is 66.2 Å². The van der Waals surface area contributed by atoms with Crippen molar-refractivity contribution in [2.45, 2.75) is 91.9 Å². The summed E-state index contributed by atoms with van der Waals surface area (Å²) in [6, 6.07) is 10.8. The molecule has 0 aliphatic heterocycles. The third-order valence-corrected chi connectivity index (χ3v) is 5.42. The van der Waals surface area contributed by atoms with Crippen molar-refractivity contribution >= 4 is 30.6 Å². The van der Waals surface area contributed by atoms with Crippen LogP contribution in [0.15, 0.2) is 48.5 Å². The van der Waals surface area contributed by atoms with E-state index < -0.39 is 41.4 Å². The Morgan fingerprint density at radius 3 is 1.67 bits per heavy atom. The first-order chi connectivity index (χ1) is 20.2. The van der Waals surface area contributed by atoms with Crippen molar-refractivity contribution < 1.29 is 46.5 Å². The van der Waals surface area contributed by atoms with Crippen LogP contribution >= 0.6 is 12.4 Å². The minimum atomic E-state index is -4.36. The fourth-order valence-electron chi connectivity index (χ4n) is 2.94. The number of nitrogens with two attached hydrogens (primary N) is 1. The lowest BCUT2D eigenvalue weighted by Crippen LogP contribution is -2.42. The zero-order valence-electron chi connectivity index (χ0n) is 27.4. The van der Waals surface area contributed by atoms with Gasteiger partial charge in [0.1, 0.15) is 18.4 Å². The molecule has 0 spiro atoms. The molecular weight excluding hydrogens is 629 g/mol. The predicted molar refractivity (Wildman–Crippen MR) is 176 cm³/mol. The monoisotopic (exact) mass is 680 g/mol. The summed E-state index contributed by atoms with van der Waals surface area (Å²) in [6.07, 6.45) is -3.51. The fraction of sp³-hybridized carbons (Fsp3) is 0.545. The smallest absolute Gasteiger partial charge is 0.416 e. The van der Waals surface area contributed by atoms with Crippen LogP contribution in [0.25, 0.3) is 0 Å². The maximum Gasteiger partial charge on any atom is 0.416 e. The summed E-state index contributed by atoms with van der Waals surface area (Å²) in [5.41, 5.74) is 6.59. The van der Waals surface area contributed by atoms with E-state index in [4.69, 9.17) is 19.9 Å². The Balaban J connectivity index is -0.000000674. The largest absolute Gasteiger partial charge is 0.468 e. The number of aldehydes is 1. The van der Waals surface area contributed by atoms with Crippen LogP contribution in [0.4, 0.5) is 13.2 Å². The highest BCUT2D eigenvalue weighted by Gasteiger charge is 2.30. The highest BCUT2D eigenvalue weighted by Crippen LogP contribution is 2.29. The number of carbonyl (C=O) groups is 3. The molecule has 0 fully saturated rings. The molecule has 13 heteroatoms. The molecule has 0 saturated carbocycles. The van der Waals surface area contributed by atoms with E-state index in [9.17, 15) is 27.6 Å². The second kappa shape index (κ2) is 22.5. The topological polar surface area (TPSA) is 126 Å². The Labute approximate surface area is 278 Å². The van der Waals surface area contributed by atoms with E-state index in [0.717, 1.165) is 24.0 Å². The molecule has 0 saturated heterocycles. The Kier molecular flexibility index (Phi) is 23.2. The van der Waals surface area contributed by atoms with Gasteiger partial charge in [0.2, 0.25) is 0 Å². The van der Waals surface area contributed by atoms with Gasteiger partial charge < -0.3 is 24.7 Å². The van der Waals surface area contributed by atoms with Gasteiger partial charge in [0, 0.05) is 12.1 Å². The molecule has 2 rings (SSSR count). The van der Waals surface area contributed by atoms with Crippen molar-refractivity contribution in [2.75, 3.05) is 27.4 Å². The second-order valence-electron chi connectivity index (χ2n) is 11.7. The number of hydrogen-bond donors (Lipinski definition) is 2. The summed E-state index contributed by atoms with van der Waals surface area (Å²) in [4.78, 5) is 32.6. The van der Waals surface area contributed by atoms with Crippen molar-refractivity contribution in [3.05, 3.63) is 70.8 Å². The number of esters is 2. The van der Waals surface area contributed by atoms with E-state index in [1.165, 1.54) is 31.9 Å². The molecule has 2 aromatic rings. The van der Waals surface area contributed by atoms with Crippen LogP contribution in [0, 0.1) is 6.92 Å². The fourth-order valence-corrected chi connectivity index (χ4v) is 2.94. The van der Waals surface area contributed by atoms with Gasteiger partial charge in [-0.1, -0.05) is 49.4 Å². The third-order valence-electron chi connectivity index (χ3n) is 5.42. The molecule has 0 aliphatic rings. The van der Waals surface area contributed by atoms with E-state index >= 15 is 0 Å². The van der Waals surface area contributed by atoms with Gasteiger partial charge in [-0.2, -0.15) is 13.2 Å². The van der Waals surface area contributed by atoms with Crippen molar-refractivity contribution in [1.29, 1.82) is 0 Å². The molecule has 0 amide bonds. The summed E-state index contributed by atoms with van der Waals surface area (Å²) in [5.74, 6) is -0.930. The number of halogens is 4. The molecule has 0 radical (unpaired) electrons. The molecule has 0 aromatic heterocycles. The first-order valence-corrected chi connectivity index (χ1v) is 13.8. The van der Waals surface area contributed by atoms with E-state index in [1.54, 1.807) is 0 Å². The molecule has 0 bridgehead atoms. The first-order valence-electron chi connectivity index (χ1n) is 13.8. The van der Waals surface area contributed by atoms with Crippen LogP contribution in [-0.2, 0) is 41.3 Å². The Morgan fingerprint density at radius 2 is 1.28 bits per heavy atom. The average molecular weight is 681 g/mol. The lowest BCUT2D eigenvalue weighted by molar-refractivity contribution is -0.147. The summed E-state index contributed by atoms with van der Waals surface area (Å²) < 4.78 is 57.5. The summed E-state index contributed by atoms with van der Waals surface area (Å²) in [5, 5.41) is 2.94. The molecule has 0 heterocycles. The second-order valence-corrected chi connectivity index (χ2v) is 11.7. The average Bonchev–Trinajstić information content (AvgIpc) is 2.95. The molecule has 2 aromatic carbocycles. The van der Waals surface area contributed by atoms with Crippen molar-refractivity contribution in [3.8, 4) is 0 Å². The van der Waals surface area contributed by atoms with E-state index in [2.05, 4.69) is 10.1 Å². The molecule has 264 valence electrons. The predicted octanol–water partition coefficient (Wildman–Crippen LogP) is 6.32. The van der Waals surface area contributed by atoms with Gasteiger partial charge in [-0.15, -0.1) is 12.4 Å². The lowest BCUT2D eigenvalue weighted by Gasteiger charge is -2.24. The van der Waals surface area contributed by atoms with Gasteiger partial charge in [0.05, 0.1) is 44.2 Å². The minimum absolute atomic E-state index is 0. The maximum absolute atomic E-state index is 12.5. The van der Waals surface area contributed by atoms with Crippen LogP contribution in [0.2, 0.25) is 0 Å². The number of nitrogens with one attached hydrogen (secondary N) is 1. The van der Waals surface area contributed by atoms with Gasteiger partial charge in [0.15, 0.2) is 0 Å². The Morgan fingerprint density at radius 1 is 0.826 bits per heavy atom. The van der Waals surface area contributed by atoms with Gasteiger partial charge in [-0.3, -0.25) is 19.7 Å². The summed E-state index contributed by atoms with van der Waals surface area (Å²) in [7, 11) is 2.57. The highest BCUT2D eigenvalue weighted by molar-refractivity contribution is 5.85. The van der Waals surface area contributed by atoms with Crippen molar-refractivity contribution in [1.82, 2.24) is 5.32 Å².